The molecule has 2 aromatic heterocycles. The van der Waals surface area contributed by atoms with Gasteiger partial charge in [0.1, 0.15) is 5.52 Å². The van der Waals surface area contributed by atoms with Crippen molar-refractivity contribution in [2.45, 2.75) is 0 Å². The topological polar surface area (TPSA) is 95.2 Å². The van der Waals surface area contributed by atoms with Crippen LogP contribution in [0.3, 0.4) is 0 Å². The molecule has 2 aliphatic rings. The number of benzene rings is 2. The molecule has 0 saturated carbocycles. The maximum absolute atomic E-state index is 5.91. The fourth-order valence-electron chi connectivity index (χ4n) is 3.78. The number of hydrazine groups is 2. The second kappa shape index (κ2) is 8.45. The van der Waals surface area contributed by atoms with Crippen molar-refractivity contribution < 1.29 is 4.42 Å². The average molecular weight is 463 g/mol. The lowest BCUT2D eigenvalue weighted by molar-refractivity contribution is 0.383. The van der Waals surface area contributed by atoms with Crippen LogP contribution in [0.15, 0.2) is 89.9 Å². The third-order valence-corrected chi connectivity index (χ3v) is 5.61. The summed E-state index contributed by atoms with van der Waals surface area (Å²) in [5.41, 5.74) is 11.3. The summed E-state index contributed by atoms with van der Waals surface area (Å²) >= 11 is 0. The third-order valence-electron chi connectivity index (χ3n) is 5.61. The molecular weight excluding hydrogens is 440 g/mol. The Hall–Kier alpha value is -4.92. The van der Waals surface area contributed by atoms with Gasteiger partial charge in [-0.05, 0) is 36.4 Å². The van der Waals surface area contributed by atoms with Crippen LogP contribution < -0.4 is 10.9 Å². The van der Waals surface area contributed by atoms with E-state index in [9.17, 15) is 0 Å². The summed E-state index contributed by atoms with van der Waals surface area (Å²) in [7, 11) is 3.84. The van der Waals surface area contributed by atoms with Crippen LogP contribution in [-0.2, 0) is 0 Å². The zero-order chi connectivity index (χ0) is 23.8. The van der Waals surface area contributed by atoms with Crippen molar-refractivity contribution in [3.05, 3.63) is 97.1 Å². The van der Waals surface area contributed by atoms with Crippen LogP contribution in [0, 0.1) is 0 Å². The number of oxazole rings is 1. The lowest BCUT2D eigenvalue weighted by Gasteiger charge is -2.20. The minimum Gasteiger partial charge on any atom is -0.436 e. The molecule has 2 aromatic carbocycles. The smallest absolute Gasteiger partial charge is 0.227 e. The Morgan fingerprint density at radius 2 is 1.46 bits per heavy atom. The minimum atomic E-state index is 0.579. The molecule has 9 nitrogen and oxygen atoms in total. The van der Waals surface area contributed by atoms with E-state index in [1.807, 2.05) is 110 Å². The minimum absolute atomic E-state index is 0.579. The quantitative estimate of drug-likeness (QED) is 0.467. The van der Waals surface area contributed by atoms with Crippen molar-refractivity contribution in [1.29, 1.82) is 0 Å². The van der Waals surface area contributed by atoms with E-state index < -0.39 is 0 Å². The number of nitrogens with zero attached hydrogens (tertiary/aromatic N) is 6. The van der Waals surface area contributed by atoms with Crippen molar-refractivity contribution in [2.24, 2.45) is 0 Å². The van der Waals surface area contributed by atoms with Gasteiger partial charge >= 0.3 is 0 Å². The Kier molecular flexibility index (Phi) is 4.99. The normalized spacial score (nSPS) is 15.0. The number of rotatable bonds is 4. The molecule has 172 valence electrons. The zero-order valence-corrected chi connectivity index (χ0v) is 19.2. The van der Waals surface area contributed by atoms with Crippen molar-refractivity contribution in [3.8, 4) is 22.8 Å². The molecule has 0 atom stereocenters. The first kappa shape index (κ1) is 20.7. The highest BCUT2D eigenvalue weighted by Crippen LogP contribution is 2.27. The van der Waals surface area contributed by atoms with E-state index in [-0.39, 0.29) is 0 Å². The van der Waals surface area contributed by atoms with Gasteiger partial charge in [0.15, 0.2) is 23.1 Å². The highest BCUT2D eigenvalue weighted by atomic mass is 16.3. The second-order valence-electron chi connectivity index (χ2n) is 8.18. The lowest BCUT2D eigenvalue weighted by Crippen LogP contribution is -2.27. The van der Waals surface area contributed by atoms with E-state index in [0.717, 1.165) is 33.4 Å². The molecule has 35 heavy (non-hydrogen) atoms. The zero-order valence-electron chi connectivity index (χ0n) is 19.2. The molecule has 2 N–H and O–H groups in total. The van der Waals surface area contributed by atoms with Crippen molar-refractivity contribution >= 4 is 22.2 Å². The summed E-state index contributed by atoms with van der Waals surface area (Å²) in [6.45, 7) is 0. The number of nitrogens with one attached hydrogen (secondary N) is 2. The lowest BCUT2D eigenvalue weighted by atomic mass is 10.1. The highest BCUT2D eigenvalue weighted by molar-refractivity contribution is 5.77. The first-order chi connectivity index (χ1) is 17.1. The Morgan fingerprint density at radius 1 is 0.714 bits per heavy atom. The molecule has 0 saturated heterocycles. The maximum atomic E-state index is 5.91. The number of aromatic nitrogens is 4. The Labute approximate surface area is 201 Å². The predicted octanol–water partition coefficient (Wildman–Crippen LogP) is 3.96. The molecular formula is C26H22N8O. The van der Waals surface area contributed by atoms with Crippen molar-refractivity contribution in [3.63, 3.8) is 0 Å². The monoisotopic (exact) mass is 462 g/mol. The fraction of sp³-hybridized carbons (Fsp3) is 0.0769. The second-order valence-corrected chi connectivity index (χ2v) is 8.18. The standard InChI is InChI=1S/C26H22N8O/c1-33-14-12-19(15-28-33)24-30-23(31-25(32-24)20-11-13-27-34(2)16-20)17-7-9-18(10-8-17)26-29-21-5-3-4-6-22(21)35-26/h3-16,27-28H,1-2H3. The van der Waals surface area contributed by atoms with Gasteiger partial charge in [0.2, 0.25) is 5.89 Å². The van der Waals surface area contributed by atoms with Gasteiger partial charge in [-0.2, -0.15) is 0 Å². The molecule has 0 spiro atoms. The molecule has 0 fully saturated rings. The van der Waals surface area contributed by atoms with Gasteiger partial charge in [0.25, 0.3) is 0 Å². The van der Waals surface area contributed by atoms with Crippen LogP contribution >= 0.6 is 0 Å². The molecule has 6 rings (SSSR count). The number of para-hydroxylation sites is 2. The summed E-state index contributed by atoms with van der Waals surface area (Å²) in [6, 6.07) is 15.6. The first-order valence-electron chi connectivity index (χ1n) is 11.1. The molecule has 0 unspecified atom stereocenters. The van der Waals surface area contributed by atoms with Crippen LogP contribution in [0.4, 0.5) is 0 Å². The Morgan fingerprint density at radius 3 is 2.20 bits per heavy atom. The van der Waals surface area contributed by atoms with Crippen molar-refractivity contribution in [2.75, 3.05) is 14.1 Å². The number of fused-ring (bicyclic) bond motifs is 1. The van der Waals surface area contributed by atoms with E-state index in [0.29, 0.717) is 23.4 Å². The van der Waals surface area contributed by atoms with Gasteiger partial charge in [0, 0.05) is 61.2 Å². The summed E-state index contributed by atoms with van der Waals surface area (Å²) < 4.78 is 5.91. The number of hydrogen-bond acceptors (Lipinski definition) is 9. The molecule has 4 heterocycles. The summed E-state index contributed by atoms with van der Waals surface area (Å²) in [6.07, 6.45) is 11.5. The molecule has 0 radical (unpaired) electrons. The molecule has 0 aliphatic carbocycles. The largest absolute Gasteiger partial charge is 0.436 e. The Balaban J connectivity index is 1.40. The SMILES string of the molecule is CN1C=CC(c2nc(C3=CN(C)NC=C3)nc(-c3ccc(-c4nc5ccccc5o4)cc3)n2)=CN1. The van der Waals surface area contributed by atoms with E-state index in [1.54, 1.807) is 0 Å². The summed E-state index contributed by atoms with van der Waals surface area (Å²) in [4.78, 5) is 18.9. The summed E-state index contributed by atoms with van der Waals surface area (Å²) in [5.74, 6) is 2.33. The number of allylic oxidation sites excluding steroid dienone is 4. The van der Waals surface area contributed by atoms with Crippen LogP contribution in [-0.4, -0.2) is 44.0 Å². The van der Waals surface area contributed by atoms with Gasteiger partial charge in [-0.1, -0.05) is 24.3 Å². The molecule has 4 aromatic rings. The highest BCUT2D eigenvalue weighted by Gasteiger charge is 2.16. The molecule has 9 heteroatoms. The summed E-state index contributed by atoms with van der Waals surface area (Å²) in [5, 5.41) is 3.70. The molecule has 0 amide bonds. The van der Waals surface area contributed by atoms with E-state index >= 15 is 0 Å². The van der Waals surface area contributed by atoms with Crippen LogP contribution in [0.5, 0.6) is 0 Å². The Bertz CT molecular complexity index is 1500. The van der Waals surface area contributed by atoms with Crippen LogP contribution in [0.2, 0.25) is 0 Å². The van der Waals surface area contributed by atoms with Gasteiger partial charge < -0.3 is 15.3 Å². The fourth-order valence-corrected chi connectivity index (χ4v) is 3.78. The van der Waals surface area contributed by atoms with Crippen LogP contribution in [0.25, 0.3) is 45.1 Å². The van der Waals surface area contributed by atoms with E-state index in [2.05, 4.69) is 15.8 Å². The predicted molar refractivity (Wildman–Crippen MR) is 134 cm³/mol. The van der Waals surface area contributed by atoms with Gasteiger partial charge in [-0.3, -0.25) is 10.0 Å². The first-order valence-corrected chi connectivity index (χ1v) is 11.1. The average Bonchev–Trinajstić information content (AvgIpc) is 3.33. The third kappa shape index (κ3) is 4.10. The van der Waals surface area contributed by atoms with E-state index in [1.165, 1.54) is 0 Å². The van der Waals surface area contributed by atoms with Crippen LogP contribution in [0.1, 0.15) is 11.6 Å². The van der Waals surface area contributed by atoms with Gasteiger partial charge in [-0.25, -0.2) is 19.9 Å². The van der Waals surface area contributed by atoms with E-state index in [4.69, 9.17) is 19.4 Å². The van der Waals surface area contributed by atoms with Crippen molar-refractivity contribution in [1.82, 2.24) is 40.8 Å². The molecule has 2 aliphatic heterocycles. The van der Waals surface area contributed by atoms with Gasteiger partial charge in [0.05, 0.1) is 0 Å². The maximum Gasteiger partial charge on any atom is 0.227 e. The molecule has 0 bridgehead atoms. The number of hydrogen-bond donors (Lipinski definition) is 2. The van der Waals surface area contributed by atoms with Gasteiger partial charge in [-0.15, -0.1) is 0 Å².